The summed E-state index contributed by atoms with van der Waals surface area (Å²) in [5, 5.41) is 16.7. The number of amides is 1. The van der Waals surface area contributed by atoms with Crippen LogP contribution in [0.25, 0.3) is 5.69 Å². The van der Waals surface area contributed by atoms with Crippen molar-refractivity contribution in [2.24, 2.45) is 5.41 Å². The van der Waals surface area contributed by atoms with Gasteiger partial charge < -0.3 is 14.7 Å². The fourth-order valence-electron chi connectivity index (χ4n) is 5.41. The Morgan fingerprint density at radius 3 is 2.65 bits per heavy atom. The lowest BCUT2D eigenvalue weighted by Crippen LogP contribution is -2.46. The molecule has 3 aromatic rings. The number of ether oxygens (including phenoxy) is 1. The first kappa shape index (κ1) is 24.8. The molecule has 2 unspecified atom stereocenters. The largest absolute Gasteiger partial charge is 0.481 e. The first-order valence-corrected chi connectivity index (χ1v) is 12.9. The van der Waals surface area contributed by atoms with E-state index in [9.17, 15) is 14.7 Å². The molecule has 9 heteroatoms. The molecular weight excluding hydrogens is 470 g/mol. The number of piperidine rings is 1. The molecule has 1 aliphatic carbocycles. The Bertz CT molecular complexity index is 1250. The maximum Gasteiger partial charge on any atom is 0.413 e. The molecule has 9 nitrogen and oxygen atoms in total. The van der Waals surface area contributed by atoms with Crippen LogP contribution in [0.5, 0.6) is 0 Å². The van der Waals surface area contributed by atoms with E-state index < -0.39 is 12.1 Å². The van der Waals surface area contributed by atoms with Crippen molar-refractivity contribution in [2.45, 2.75) is 64.5 Å². The van der Waals surface area contributed by atoms with Gasteiger partial charge in [-0.3, -0.25) is 10.1 Å². The number of hydrogen-bond donors (Lipinski definition) is 2. The summed E-state index contributed by atoms with van der Waals surface area (Å²) < 4.78 is 7.19. The third-order valence-electron chi connectivity index (χ3n) is 7.57. The van der Waals surface area contributed by atoms with Crippen molar-refractivity contribution in [3.63, 3.8) is 0 Å². The van der Waals surface area contributed by atoms with Crippen molar-refractivity contribution in [2.75, 3.05) is 16.8 Å². The van der Waals surface area contributed by atoms with Crippen LogP contribution >= 0.6 is 0 Å². The summed E-state index contributed by atoms with van der Waals surface area (Å²) in [4.78, 5) is 31.0. The van der Waals surface area contributed by atoms with Crippen LogP contribution in [0.2, 0.25) is 0 Å². The third-order valence-corrected chi connectivity index (χ3v) is 7.57. The molecule has 2 fully saturated rings. The van der Waals surface area contributed by atoms with Crippen LogP contribution in [0.15, 0.2) is 54.9 Å². The maximum atomic E-state index is 12.5. The van der Waals surface area contributed by atoms with Crippen LogP contribution in [0.4, 0.5) is 16.4 Å². The molecule has 3 heterocycles. The number of pyridine rings is 1. The lowest BCUT2D eigenvalue weighted by atomic mass is 9.85. The zero-order valence-electron chi connectivity index (χ0n) is 21.3. The Balaban J connectivity index is 1.26. The predicted molar refractivity (Wildman–Crippen MR) is 140 cm³/mol. The Hall–Kier alpha value is -3.88. The number of aliphatic carboxylic acids is 1. The van der Waals surface area contributed by atoms with Gasteiger partial charge in [0.1, 0.15) is 11.9 Å². The molecule has 1 saturated heterocycles. The van der Waals surface area contributed by atoms with Gasteiger partial charge in [-0.05, 0) is 63.6 Å². The Kier molecular flexibility index (Phi) is 6.86. The van der Waals surface area contributed by atoms with Gasteiger partial charge in [0.05, 0.1) is 18.3 Å². The van der Waals surface area contributed by atoms with Gasteiger partial charge in [0.25, 0.3) is 0 Å². The summed E-state index contributed by atoms with van der Waals surface area (Å²) in [6.07, 6.45) is 8.01. The molecule has 2 N–H and O–H groups in total. The van der Waals surface area contributed by atoms with E-state index in [1.165, 1.54) is 0 Å². The fourth-order valence-corrected chi connectivity index (χ4v) is 5.41. The molecule has 2 atom stereocenters. The number of carboxylic acid groups (broad SMARTS) is 1. The summed E-state index contributed by atoms with van der Waals surface area (Å²) >= 11 is 0. The second kappa shape index (κ2) is 10.2. The van der Waals surface area contributed by atoms with E-state index >= 15 is 0 Å². The van der Waals surface area contributed by atoms with Gasteiger partial charge in [-0.2, -0.15) is 0 Å². The van der Waals surface area contributed by atoms with Gasteiger partial charge in [-0.15, -0.1) is 5.10 Å². The number of carboxylic acids is 1. The minimum absolute atomic E-state index is 0.126. The number of aromatic nitrogens is 3. The number of anilines is 2. The van der Waals surface area contributed by atoms with Crippen molar-refractivity contribution in [3.8, 4) is 5.69 Å². The predicted octanol–water partition coefficient (Wildman–Crippen LogP) is 5.50. The van der Waals surface area contributed by atoms with Crippen molar-refractivity contribution in [3.05, 3.63) is 66.0 Å². The first-order chi connectivity index (χ1) is 17.8. The quantitative estimate of drug-likeness (QED) is 0.418. The molecule has 1 amide bonds. The van der Waals surface area contributed by atoms with E-state index in [1.807, 2.05) is 62.5 Å². The zero-order chi connectivity index (χ0) is 26.0. The average molecular weight is 504 g/mol. The summed E-state index contributed by atoms with van der Waals surface area (Å²) in [5.74, 6) is 0.573. The van der Waals surface area contributed by atoms with Crippen LogP contribution in [-0.4, -0.2) is 44.5 Å². The highest BCUT2D eigenvalue weighted by Crippen LogP contribution is 2.55. The number of nitrogens with one attached hydrogen (secondary N) is 1. The third kappa shape index (κ3) is 5.45. The molecule has 194 valence electrons. The maximum absolute atomic E-state index is 12.5. The first-order valence-electron chi connectivity index (χ1n) is 12.9. The lowest BCUT2D eigenvalue weighted by molar-refractivity contribution is -0.138. The second-order valence-corrected chi connectivity index (χ2v) is 10.2. The number of carbonyl (C=O) groups excluding carboxylic acids is 1. The Labute approximate surface area is 216 Å². The van der Waals surface area contributed by atoms with Gasteiger partial charge in [-0.1, -0.05) is 30.3 Å². The van der Waals surface area contributed by atoms with E-state index in [0.717, 1.165) is 61.3 Å². The monoisotopic (exact) mass is 503 g/mol. The topological polar surface area (TPSA) is 110 Å². The van der Waals surface area contributed by atoms with Crippen LogP contribution in [0.1, 0.15) is 62.7 Å². The van der Waals surface area contributed by atoms with Crippen LogP contribution in [0.3, 0.4) is 0 Å². The number of rotatable bonds is 8. The van der Waals surface area contributed by atoms with E-state index in [1.54, 1.807) is 10.9 Å². The molecule has 2 aromatic heterocycles. The molecule has 5 rings (SSSR count). The minimum Gasteiger partial charge on any atom is -0.481 e. The zero-order valence-corrected chi connectivity index (χ0v) is 21.3. The van der Waals surface area contributed by atoms with Crippen LogP contribution in [-0.2, 0) is 9.53 Å². The summed E-state index contributed by atoms with van der Waals surface area (Å²) in [6, 6.07) is 13.7. The number of carbonyl (C=O) groups is 2. The SMILES string of the molecule is Cc1cn(-c2ccc(N3CCCCC3C3(CC(=O)O)CC3)nc2)nc1NC(=O)OC(C)c1ccccc1. The van der Waals surface area contributed by atoms with Crippen LogP contribution < -0.4 is 10.2 Å². The number of nitrogens with zero attached hydrogens (tertiary/aromatic N) is 4. The molecule has 1 aromatic carbocycles. The summed E-state index contributed by atoms with van der Waals surface area (Å²) in [5.41, 5.74) is 2.36. The average Bonchev–Trinajstić information content (AvgIpc) is 3.58. The van der Waals surface area contributed by atoms with Crippen LogP contribution in [0, 0.1) is 12.3 Å². The van der Waals surface area contributed by atoms with Gasteiger partial charge in [0.15, 0.2) is 5.82 Å². The fraction of sp³-hybridized carbons (Fsp3) is 0.429. The highest BCUT2D eigenvalue weighted by atomic mass is 16.6. The van der Waals surface area contributed by atoms with Gasteiger partial charge in [0, 0.05) is 29.8 Å². The van der Waals surface area contributed by atoms with E-state index in [-0.39, 0.29) is 24.0 Å². The molecule has 0 radical (unpaired) electrons. The molecular formula is C28H33N5O4. The molecule has 0 bridgehead atoms. The van der Waals surface area contributed by atoms with Crippen molar-refractivity contribution < 1.29 is 19.4 Å². The number of hydrogen-bond acceptors (Lipinski definition) is 6. The molecule has 0 spiro atoms. The molecule has 1 aliphatic heterocycles. The summed E-state index contributed by atoms with van der Waals surface area (Å²) in [6.45, 7) is 4.58. The highest BCUT2D eigenvalue weighted by molar-refractivity contribution is 5.84. The van der Waals surface area contributed by atoms with E-state index in [4.69, 9.17) is 9.72 Å². The molecule has 2 aliphatic rings. The van der Waals surface area contributed by atoms with E-state index in [0.29, 0.717) is 5.82 Å². The lowest BCUT2D eigenvalue weighted by Gasteiger charge is -2.41. The number of benzene rings is 1. The van der Waals surface area contributed by atoms with Gasteiger partial charge >= 0.3 is 12.1 Å². The van der Waals surface area contributed by atoms with Crippen molar-refractivity contribution in [1.82, 2.24) is 14.8 Å². The minimum atomic E-state index is -0.719. The summed E-state index contributed by atoms with van der Waals surface area (Å²) in [7, 11) is 0. The highest BCUT2D eigenvalue weighted by Gasteiger charge is 2.53. The molecule has 1 saturated carbocycles. The van der Waals surface area contributed by atoms with Gasteiger partial charge in [0.2, 0.25) is 0 Å². The Morgan fingerprint density at radius 2 is 1.97 bits per heavy atom. The standard InChI is InChI=1S/C28H33N5O4/c1-19-18-33(31-26(19)30-27(36)37-20(2)21-8-4-3-5-9-21)22-11-12-24(29-17-22)32-15-7-6-10-23(32)28(13-14-28)16-25(34)35/h3-5,8-9,11-12,17-18,20,23H,6-7,10,13-16H2,1-2H3,(H,34,35)(H,30,31,36). The number of aryl methyl sites for hydroxylation is 1. The Morgan fingerprint density at radius 1 is 1.19 bits per heavy atom. The smallest absolute Gasteiger partial charge is 0.413 e. The van der Waals surface area contributed by atoms with Crippen molar-refractivity contribution in [1.29, 1.82) is 0 Å². The normalized spacial score (nSPS) is 19.2. The molecule has 37 heavy (non-hydrogen) atoms. The second-order valence-electron chi connectivity index (χ2n) is 10.2. The van der Waals surface area contributed by atoms with E-state index in [2.05, 4.69) is 15.3 Å². The van der Waals surface area contributed by atoms with Gasteiger partial charge in [-0.25, -0.2) is 14.5 Å². The van der Waals surface area contributed by atoms with Crippen molar-refractivity contribution >= 4 is 23.7 Å².